The summed E-state index contributed by atoms with van der Waals surface area (Å²) < 4.78 is 0. The molecule has 0 aromatic rings. The normalized spacial score (nSPS) is 16.8. The highest BCUT2D eigenvalue weighted by molar-refractivity contribution is 5.71. The molecule has 8 heavy (non-hydrogen) atoms. The second-order valence-corrected chi connectivity index (χ2v) is 1.30. The lowest BCUT2D eigenvalue weighted by Gasteiger charge is -1.90. The smallest absolute Gasteiger partial charge is 0.220 e. The minimum Gasteiger partial charge on any atom is -0.368 e. The van der Waals surface area contributed by atoms with E-state index in [1.807, 2.05) is 0 Å². The molecule has 1 rings (SSSR count). The molecule has 0 radical (unpaired) electrons. The molecule has 3 heteroatoms. The fourth-order valence-electron chi connectivity index (χ4n) is 0.357. The maximum atomic E-state index is 5.21. The summed E-state index contributed by atoms with van der Waals surface area (Å²) in [5.74, 6) is 0.315. The van der Waals surface area contributed by atoms with Crippen molar-refractivity contribution >= 4 is 6.21 Å². The molecule has 0 bridgehead atoms. The number of nitrogens with zero attached hydrogens (tertiary/aromatic N) is 1. The molecule has 1 aliphatic heterocycles. The summed E-state index contributed by atoms with van der Waals surface area (Å²) in [5.41, 5.74) is 5.21. The summed E-state index contributed by atoms with van der Waals surface area (Å²) >= 11 is 0. The van der Waals surface area contributed by atoms with Gasteiger partial charge in [0.05, 0.1) is 6.21 Å². The van der Waals surface area contributed by atoms with Crippen molar-refractivity contribution in [3.8, 4) is 0 Å². The van der Waals surface area contributed by atoms with Crippen molar-refractivity contribution < 1.29 is 4.84 Å². The number of oxime groups is 1. The summed E-state index contributed by atoms with van der Waals surface area (Å²) in [5, 5.41) is 3.45. The molecule has 0 saturated carbocycles. The van der Waals surface area contributed by atoms with Crippen LogP contribution in [0.5, 0.6) is 0 Å². The van der Waals surface area contributed by atoms with E-state index in [1.165, 1.54) is 6.21 Å². The standard InChI is InChI=1S/C5H6N2O/c6-5-3-1-2-4-7-8-5/h1-4H,6H2. The first kappa shape index (κ1) is 4.90. The molecule has 2 N–H and O–H groups in total. The molecular weight excluding hydrogens is 104 g/mol. The van der Waals surface area contributed by atoms with Crippen molar-refractivity contribution in [2.45, 2.75) is 0 Å². The van der Waals surface area contributed by atoms with Gasteiger partial charge in [0, 0.05) is 6.08 Å². The fourth-order valence-corrected chi connectivity index (χ4v) is 0.357. The van der Waals surface area contributed by atoms with Gasteiger partial charge in [-0.15, -0.1) is 0 Å². The first-order valence-electron chi connectivity index (χ1n) is 2.22. The van der Waals surface area contributed by atoms with Crippen LogP contribution < -0.4 is 5.73 Å². The lowest BCUT2D eigenvalue weighted by atomic mass is 10.5. The third kappa shape index (κ3) is 1.11. The minimum absolute atomic E-state index is 0.315. The molecule has 0 aromatic heterocycles. The van der Waals surface area contributed by atoms with Gasteiger partial charge in [-0.3, -0.25) is 0 Å². The van der Waals surface area contributed by atoms with Crippen LogP contribution in [-0.4, -0.2) is 6.21 Å². The zero-order chi connectivity index (χ0) is 5.82. The van der Waals surface area contributed by atoms with Gasteiger partial charge in [0.2, 0.25) is 5.88 Å². The van der Waals surface area contributed by atoms with E-state index in [0.717, 1.165) is 0 Å². The predicted molar refractivity (Wildman–Crippen MR) is 31.0 cm³/mol. The fraction of sp³-hybridized carbons (Fsp3) is 0. The number of nitrogens with two attached hydrogens (primary N) is 1. The van der Waals surface area contributed by atoms with Gasteiger partial charge < -0.3 is 10.6 Å². The topological polar surface area (TPSA) is 47.6 Å². The summed E-state index contributed by atoms with van der Waals surface area (Å²) in [6.45, 7) is 0. The Kier molecular flexibility index (Phi) is 1.32. The average Bonchev–Trinajstić information content (AvgIpc) is 1.94. The molecule has 3 nitrogen and oxygen atoms in total. The summed E-state index contributed by atoms with van der Waals surface area (Å²) in [7, 11) is 0. The van der Waals surface area contributed by atoms with E-state index >= 15 is 0 Å². The van der Waals surface area contributed by atoms with E-state index in [9.17, 15) is 0 Å². The minimum atomic E-state index is 0.315. The maximum Gasteiger partial charge on any atom is 0.220 e. The molecule has 0 fully saturated rings. The highest BCUT2D eigenvalue weighted by Crippen LogP contribution is 1.91. The maximum absolute atomic E-state index is 5.21. The molecule has 0 spiro atoms. The Balaban J connectivity index is 2.69. The van der Waals surface area contributed by atoms with Crippen LogP contribution >= 0.6 is 0 Å². The Bertz CT molecular complexity index is 158. The number of hydrogen-bond acceptors (Lipinski definition) is 3. The Labute approximate surface area is 47.1 Å². The van der Waals surface area contributed by atoms with Crippen LogP contribution in [0, 0.1) is 0 Å². The number of allylic oxidation sites excluding steroid dienone is 3. The van der Waals surface area contributed by atoms with Crippen LogP contribution in [0.15, 0.2) is 29.3 Å². The molecule has 0 amide bonds. The molecule has 1 aliphatic rings. The van der Waals surface area contributed by atoms with E-state index in [2.05, 4.69) is 9.99 Å². The van der Waals surface area contributed by atoms with Gasteiger partial charge in [-0.25, -0.2) is 0 Å². The van der Waals surface area contributed by atoms with E-state index in [4.69, 9.17) is 5.73 Å². The van der Waals surface area contributed by atoms with Crippen LogP contribution in [0.25, 0.3) is 0 Å². The third-order valence-corrected chi connectivity index (χ3v) is 0.677. The van der Waals surface area contributed by atoms with Crippen LogP contribution in [0.3, 0.4) is 0 Å². The zero-order valence-corrected chi connectivity index (χ0v) is 4.24. The highest BCUT2D eigenvalue weighted by atomic mass is 16.6. The van der Waals surface area contributed by atoms with Crippen LogP contribution in [0.2, 0.25) is 0 Å². The van der Waals surface area contributed by atoms with E-state index in [1.54, 1.807) is 18.2 Å². The second-order valence-electron chi connectivity index (χ2n) is 1.30. The molecule has 0 atom stereocenters. The lowest BCUT2D eigenvalue weighted by Crippen LogP contribution is -1.96. The van der Waals surface area contributed by atoms with Crippen molar-refractivity contribution in [1.82, 2.24) is 0 Å². The summed E-state index contributed by atoms with van der Waals surface area (Å²) in [6, 6.07) is 0. The Morgan fingerprint density at radius 2 is 2.38 bits per heavy atom. The largest absolute Gasteiger partial charge is 0.368 e. The monoisotopic (exact) mass is 110 g/mol. The van der Waals surface area contributed by atoms with Gasteiger partial charge in [-0.1, -0.05) is 11.2 Å². The van der Waals surface area contributed by atoms with Gasteiger partial charge in [-0.2, -0.15) is 0 Å². The van der Waals surface area contributed by atoms with Gasteiger partial charge in [-0.05, 0) is 6.08 Å². The van der Waals surface area contributed by atoms with Crippen molar-refractivity contribution in [3.05, 3.63) is 24.1 Å². The van der Waals surface area contributed by atoms with Crippen LogP contribution in [0.1, 0.15) is 0 Å². The second kappa shape index (κ2) is 2.16. The van der Waals surface area contributed by atoms with Gasteiger partial charge in [0.1, 0.15) is 0 Å². The van der Waals surface area contributed by atoms with E-state index in [0.29, 0.717) is 5.88 Å². The van der Waals surface area contributed by atoms with E-state index < -0.39 is 0 Å². The van der Waals surface area contributed by atoms with E-state index in [-0.39, 0.29) is 0 Å². The summed E-state index contributed by atoms with van der Waals surface area (Å²) in [4.78, 5) is 4.55. The first-order chi connectivity index (χ1) is 3.89. The van der Waals surface area contributed by atoms with Crippen LogP contribution in [0.4, 0.5) is 0 Å². The molecule has 0 aliphatic carbocycles. The first-order valence-corrected chi connectivity index (χ1v) is 2.22. The Hall–Kier alpha value is -1.25. The molecule has 0 unspecified atom stereocenters. The predicted octanol–water partition coefficient (Wildman–Crippen LogP) is 0.359. The van der Waals surface area contributed by atoms with Crippen molar-refractivity contribution in [3.63, 3.8) is 0 Å². The molecule has 0 saturated heterocycles. The van der Waals surface area contributed by atoms with Gasteiger partial charge >= 0.3 is 0 Å². The van der Waals surface area contributed by atoms with Gasteiger partial charge in [0.25, 0.3) is 0 Å². The Morgan fingerprint density at radius 3 is 3.25 bits per heavy atom. The number of rotatable bonds is 0. The van der Waals surface area contributed by atoms with Gasteiger partial charge in [0.15, 0.2) is 0 Å². The quantitative estimate of drug-likeness (QED) is 0.489. The van der Waals surface area contributed by atoms with Crippen molar-refractivity contribution in [2.75, 3.05) is 0 Å². The molecule has 1 heterocycles. The SMILES string of the molecule is NC1=CC=CC=NO1. The van der Waals surface area contributed by atoms with Crippen LogP contribution in [-0.2, 0) is 4.84 Å². The zero-order valence-electron chi connectivity index (χ0n) is 4.24. The molecular formula is C5H6N2O. The summed E-state index contributed by atoms with van der Waals surface area (Å²) in [6.07, 6.45) is 6.65. The average molecular weight is 110 g/mol. The third-order valence-electron chi connectivity index (χ3n) is 0.677. The number of hydrogen-bond donors (Lipinski definition) is 1. The Morgan fingerprint density at radius 1 is 1.50 bits per heavy atom. The highest BCUT2D eigenvalue weighted by Gasteiger charge is 1.85. The van der Waals surface area contributed by atoms with Crippen molar-refractivity contribution in [2.24, 2.45) is 10.9 Å². The van der Waals surface area contributed by atoms with Crippen molar-refractivity contribution in [1.29, 1.82) is 0 Å². The molecule has 42 valence electrons. The lowest BCUT2D eigenvalue weighted by molar-refractivity contribution is 0.227. The molecule has 0 aromatic carbocycles.